The maximum Gasteiger partial charge on any atom is 0.253 e. The number of aryl methyl sites for hydroxylation is 1. The molecule has 3 rings (SSSR count). The maximum absolute atomic E-state index is 12.7. The Balaban J connectivity index is 1.55. The van der Waals surface area contributed by atoms with Crippen LogP contribution in [0.15, 0.2) is 36.7 Å². The fourth-order valence-electron chi connectivity index (χ4n) is 3.70. The van der Waals surface area contributed by atoms with Gasteiger partial charge >= 0.3 is 0 Å². The summed E-state index contributed by atoms with van der Waals surface area (Å²) in [6.45, 7) is 3.58. The number of hydrogen-bond acceptors (Lipinski definition) is 4. The Bertz CT molecular complexity index is 731. The third kappa shape index (κ3) is 4.96. The fourth-order valence-corrected chi connectivity index (χ4v) is 3.70. The van der Waals surface area contributed by atoms with Crippen molar-refractivity contribution in [2.24, 2.45) is 0 Å². The molecule has 2 aromatic rings. The zero-order chi connectivity index (χ0) is 19.2. The summed E-state index contributed by atoms with van der Waals surface area (Å²) in [5, 5.41) is 9.13. The zero-order valence-electron chi connectivity index (χ0n) is 16.3. The van der Waals surface area contributed by atoms with E-state index in [9.17, 15) is 4.79 Å². The summed E-state index contributed by atoms with van der Waals surface area (Å²) in [6, 6.07) is 7.23. The summed E-state index contributed by atoms with van der Waals surface area (Å²) in [4.78, 5) is 21.4. The molecule has 146 valence electrons. The minimum atomic E-state index is 0.00105. The molecule has 6 heteroatoms. The summed E-state index contributed by atoms with van der Waals surface area (Å²) in [5.74, 6) is 1.65. The van der Waals surface area contributed by atoms with Crippen molar-refractivity contribution in [2.75, 3.05) is 33.7 Å². The summed E-state index contributed by atoms with van der Waals surface area (Å²) >= 11 is 0. The van der Waals surface area contributed by atoms with E-state index < -0.39 is 0 Å². The molecule has 1 N–H and O–H groups in total. The number of carbonyl (C=O) groups is 1. The Hall–Kier alpha value is -2.18. The fraction of sp³-hybridized carbons (Fsp3) is 0.524. The second-order valence-electron chi connectivity index (χ2n) is 7.56. The van der Waals surface area contributed by atoms with Gasteiger partial charge in [0.05, 0.1) is 6.61 Å². The van der Waals surface area contributed by atoms with Gasteiger partial charge < -0.3 is 19.5 Å². The first kappa shape index (κ1) is 19.6. The predicted octanol–water partition coefficient (Wildman–Crippen LogP) is 2.35. The zero-order valence-corrected chi connectivity index (χ0v) is 16.3. The van der Waals surface area contributed by atoms with Gasteiger partial charge in [0, 0.05) is 43.5 Å². The van der Waals surface area contributed by atoms with E-state index >= 15 is 0 Å². The minimum Gasteiger partial charge on any atom is -0.392 e. The maximum atomic E-state index is 12.7. The second-order valence-corrected chi connectivity index (χ2v) is 7.56. The summed E-state index contributed by atoms with van der Waals surface area (Å²) in [6.07, 6.45) is 6.98. The molecule has 0 unspecified atom stereocenters. The minimum absolute atomic E-state index is 0.00105. The smallest absolute Gasteiger partial charge is 0.253 e. The van der Waals surface area contributed by atoms with Crippen molar-refractivity contribution in [3.8, 4) is 0 Å². The van der Waals surface area contributed by atoms with Crippen LogP contribution in [0.2, 0.25) is 0 Å². The highest BCUT2D eigenvalue weighted by Gasteiger charge is 2.26. The lowest BCUT2D eigenvalue weighted by atomic mass is 9.95. The van der Waals surface area contributed by atoms with Gasteiger partial charge in [0.1, 0.15) is 5.82 Å². The van der Waals surface area contributed by atoms with Crippen molar-refractivity contribution in [1.82, 2.24) is 19.4 Å². The first-order valence-corrected chi connectivity index (χ1v) is 9.73. The van der Waals surface area contributed by atoms with E-state index in [1.165, 1.54) is 0 Å². The number of piperidine rings is 1. The highest BCUT2D eigenvalue weighted by Crippen LogP contribution is 2.28. The molecule has 0 atom stereocenters. The Labute approximate surface area is 161 Å². The number of imidazole rings is 1. The van der Waals surface area contributed by atoms with E-state index in [4.69, 9.17) is 5.11 Å². The number of aliphatic hydroxyl groups excluding tert-OH is 1. The van der Waals surface area contributed by atoms with Crippen molar-refractivity contribution >= 4 is 5.91 Å². The van der Waals surface area contributed by atoms with E-state index in [1.54, 1.807) is 12.1 Å². The Morgan fingerprint density at radius 2 is 1.93 bits per heavy atom. The van der Waals surface area contributed by atoms with Gasteiger partial charge in [-0.1, -0.05) is 12.1 Å². The van der Waals surface area contributed by atoms with E-state index in [2.05, 4.69) is 34.7 Å². The van der Waals surface area contributed by atoms with Crippen molar-refractivity contribution < 1.29 is 9.90 Å². The molecular formula is C21H30N4O2. The monoisotopic (exact) mass is 370 g/mol. The largest absolute Gasteiger partial charge is 0.392 e. The number of aliphatic hydroxyl groups is 1. The quantitative estimate of drug-likeness (QED) is 0.813. The Morgan fingerprint density at radius 3 is 2.56 bits per heavy atom. The predicted molar refractivity (Wildman–Crippen MR) is 106 cm³/mol. The van der Waals surface area contributed by atoms with Crippen LogP contribution >= 0.6 is 0 Å². The number of rotatable bonds is 7. The number of hydrogen-bond donors (Lipinski definition) is 1. The highest BCUT2D eigenvalue weighted by atomic mass is 16.3. The first-order valence-electron chi connectivity index (χ1n) is 9.73. The lowest BCUT2D eigenvalue weighted by molar-refractivity contribution is 0.0710. The van der Waals surface area contributed by atoms with Crippen LogP contribution in [0.5, 0.6) is 0 Å². The molecule has 0 spiro atoms. The molecule has 1 aliphatic rings. The first-order chi connectivity index (χ1) is 13.1. The van der Waals surface area contributed by atoms with Crippen molar-refractivity contribution in [3.63, 3.8) is 0 Å². The number of amides is 1. The summed E-state index contributed by atoms with van der Waals surface area (Å²) in [5.41, 5.74) is 1.52. The molecule has 1 saturated heterocycles. The average Bonchev–Trinajstić information content (AvgIpc) is 3.16. The molecule has 1 aromatic heterocycles. The normalized spacial score (nSPS) is 15.5. The van der Waals surface area contributed by atoms with E-state index in [0.717, 1.165) is 56.8 Å². The van der Waals surface area contributed by atoms with Crippen molar-refractivity contribution in [2.45, 2.75) is 38.3 Å². The summed E-state index contributed by atoms with van der Waals surface area (Å²) in [7, 11) is 4.19. The van der Waals surface area contributed by atoms with Crippen LogP contribution in [-0.2, 0) is 13.2 Å². The Kier molecular flexibility index (Phi) is 6.63. The number of likely N-dealkylation sites (tertiary alicyclic amines) is 1. The topological polar surface area (TPSA) is 61.6 Å². The van der Waals surface area contributed by atoms with Gasteiger partial charge in [0.25, 0.3) is 5.91 Å². The van der Waals surface area contributed by atoms with Crippen LogP contribution in [0.1, 0.15) is 46.9 Å². The SMILES string of the molecule is CN(C)CCCn1ccnc1C1CCN(C(=O)c2ccc(CO)cc2)CC1. The van der Waals surface area contributed by atoms with Crippen molar-refractivity contribution in [1.29, 1.82) is 0 Å². The summed E-state index contributed by atoms with van der Waals surface area (Å²) < 4.78 is 2.28. The van der Waals surface area contributed by atoms with Crippen LogP contribution in [0.3, 0.4) is 0 Å². The molecule has 1 fully saturated rings. The lowest BCUT2D eigenvalue weighted by Gasteiger charge is -2.32. The third-order valence-corrected chi connectivity index (χ3v) is 5.28. The van der Waals surface area contributed by atoms with Crippen LogP contribution < -0.4 is 0 Å². The third-order valence-electron chi connectivity index (χ3n) is 5.28. The number of carbonyl (C=O) groups excluding carboxylic acids is 1. The number of nitrogens with zero attached hydrogens (tertiary/aromatic N) is 4. The van der Waals surface area contributed by atoms with Gasteiger partial charge in [-0.3, -0.25) is 4.79 Å². The molecular weight excluding hydrogens is 340 g/mol. The molecule has 1 aromatic carbocycles. The van der Waals surface area contributed by atoms with Gasteiger partial charge in [-0.05, 0) is 57.6 Å². The molecule has 6 nitrogen and oxygen atoms in total. The number of benzene rings is 1. The standard InChI is InChI=1S/C21H30N4O2/c1-23(2)11-3-12-24-15-10-22-20(24)18-8-13-25(14-9-18)21(27)19-6-4-17(16-26)5-7-19/h4-7,10,15,18,26H,3,8-9,11-14,16H2,1-2H3. The van der Waals surface area contributed by atoms with Gasteiger partial charge in [-0.25, -0.2) is 4.98 Å². The van der Waals surface area contributed by atoms with E-state index in [0.29, 0.717) is 11.5 Å². The van der Waals surface area contributed by atoms with Crippen LogP contribution in [-0.4, -0.2) is 64.1 Å². The average molecular weight is 370 g/mol. The van der Waals surface area contributed by atoms with E-state index in [-0.39, 0.29) is 12.5 Å². The Morgan fingerprint density at radius 1 is 1.22 bits per heavy atom. The highest BCUT2D eigenvalue weighted by molar-refractivity contribution is 5.94. The molecule has 27 heavy (non-hydrogen) atoms. The van der Waals surface area contributed by atoms with Gasteiger partial charge in [-0.15, -0.1) is 0 Å². The lowest BCUT2D eigenvalue weighted by Crippen LogP contribution is -2.38. The van der Waals surface area contributed by atoms with Gasteiger partial charge in [-0.2, -0.15) is 0 Å². The molecule has 1 amide bonds. The van der Waals surface area contributed by atoms with Gasteiger partial charge in [0.2, 0.25) is 0 Å². The molecule has 1 aliphatic heterocycles. The van der Waals surface area contributed by atoms with Crippen LogP contribution in [0.25, 0.3) is 0 Å². The molecule has 2 heterocycles. The second kappa shape index (κ2) is 9.15. The van der Waals surface area contributed by atoms with E-state index in [1.807, 2.05) is 23.2 Å². The number of aromatic nitrogens is 2. The van der Waals surface area contributed by atoms with Crippen molar-refractivity contribution in [3.05, 3.63) is 53.6 Å². The van der Waals surface area contributed by atoms with Crippen LogP contribution in [0, 0.1) is 0 Å². The molecule has 0 bridgehead atoms. The molecule has 0 saturated carbocycles. The molecule has 0 radical (unpaired) electrons. The van der Waals surface area contributed by atoms with Crippen LogP contribution in [0.4, 0.5) is 0 Å². The van der Waals surface area contributed by atoms with Gasteiger partial charge in [0.15, 0.2) is 0 Å². The molecule has 0 aliphatic carbocycles.